The second-order valence-corrected chi connectivity index (χ2v) is 11.8. The number of nitrogens with zero attached hydrogens (tertiary/aromatic N) is 2. The van der Waals surface area contributed by atoms with Gasteiger partial charge in [-0.15, -0.1) is 0 Å². The Labute approximate surface area is 187 Å². The van der Waals surface area contributed by atoms with Gasteiger partial charge >= 0.3 is 21.3 Å². The summed E-state index contributed by atoms with van der Waals surface area (Å²) >= 11 is 0. The standard InChI is InChI=1S/C19H20N2O10P2/c22-16-4-2-10-21(16)18(23)29-15-7-5-14(6-8-15)17-30-32(25,26)19(24,33(27,28)31-17)11-13-3-1-9-20-12-13/h1,3,5-9,12,17,24H,2,4,10-11H2,(H,25,26)(H,27,28). The fourth-order valence-electron chi connectivity index (χ4n) is 3.40. The molecule has 12 nitrogen and oxygen atoms in total. The molecule has 3 N–H and O–H groups in total. The molecular weight excluding hydrogens is 478 g/mol. The van der Waals surface area contributed by atoms with Gasteiger partial charge < -0.3 is 19.6 Å². The number of pyridine rings is 1. The first-order chi connectivity index (χ1) is 15.5. The molecule has 14 heteroatoms. The highest BCUT2D eigenvalue weighted by Gasteiger charge is 2.67. The smallest absolute Gasteiger partial charge is 0.410 e. The Hall–Kier alpha value is -2.43. The molecule has 2 aliphatic heterocycles. The highest BCUT2D eigenvalue weighted by Crippen LogP contribution is 2.79. The van der Waals surface area contributed by atoms with Crippen LogP contribution >= 0.6 is 15.2 Å². The largest absolute Gasteiger partial charge is 0.421 e. The molecule has 2 fully saturated rings. The fraction of sp³-hybridized carbons (Fsp3) is 0.316. The molecule has 2 aliphatic rings. The van der Waals surface area contributed by atoms with Gasteiger partial charge in [0.25, 0.3) is 5.08 Å². The first kappa shape index (κ1) is 23.7. The van der Waals surface area contributed by atoms with Crippen molar-refractivity contribution in [1.82, 2.24) is 9.88 Å². The van der Waals surface area contributed by atoms with Gasteiger partial charge in [0.2, 0.25) is 12.2 Å². The van der Waals surface area contributed by atoms with Crippen LogP contribution < -0.4 is 4.74 Å². The van der Waals surface area contributed by atoms with Crippen LogP contribution in [0.2, 0.25) is 0 Å². The lowest BCUT2D eigenvalue weighted by molar-refractivity contribution is -0.125. The van der Waals surface area contributed by atoms with E-state index in [1.54, 1.807) is 0 Å². The molecule has 2 aromatic rings. The molecule has 0 bridgehead atoms. The first-order valence-electron chi connectivity index (χ1n) is 9.78. The van der Waals surface area contributed by atoms with Crippen molar-refractivity contribution in [3.05, 3.63) is 59.9 Å². The van der Waals surface area contributed by atoms with E-state index in [9.17, 15) is 33.6 Å². The van der Waals surface area contributed by atoms with E-state index in [-0.39, 0.29) is 35.7 Å². The Kier molecular flexibility index (Phi) is 6.28. The van der Waals surface area contributed by atoms with Crippen molar-refractivity contribution in [2.45, 2.75) is 30.6 Å². The third-order valence-electron chi connectivity index (χ3n) is 5.20. The maximum atomic E-state index is 12.8. The van der Waals surface area contributed by atoms with Gasteiger partial charge in [-0.1, -0.05) is 18.2 Å². The fourth-order valence-corrected chi connectivity index (χ4v) is 6.97. The Bertz CT molecular complexity index is 1130. The molecule has 0 aliphatic carbocycles. The Morgan fingerprint density at radius 3 is 2.39 bits per heavy atom. The van der Waals surface area contributed by atoms with E-state index in [2.05, 4.69) is 4.98 Å². The average molecular weight is 498 g/mol. The number of likely N-dealkylation sites (tertiary alicyclic amines) is 1. The number of hydrogen-bond acceptors (Lipinski definition) is 9. The number of benzene rings is 1. The number of aromatic nitrogens is 1. The lowest BCUT2D eigenvalue weighted by Gasteiger charge is -2.41. The monoisotopic (exact) mass is 498 g/mol. The van der Waals surface area contributed by atoms with E-state index in [1.165, 1.54) is 48.8 Å². The number of carbonyl (C=O) groups excluding carboxylic acids is 2. The molecule has 0 spiro atoms. The summed E-state index contributed by atoms with van der Waals surface area (Å²) in [6.45, 7) is 0.263. The van der Waals surface area contributed by atoms with E-state index < -0.39 is 39.1 Å². The Morgan fingerprint density at radius 2 is 1.85 bits per heavy atom. The first-order valence-corrected chi connectivity index (χ1v) is 12.9. The summed E-state index contributed by atoms with van der Waals surface area (Å²) in [5.41, 5.74) is 0.274. The Morgan fingerprint density at radius 1 is 1.18 bits per heavy atom. The van der Waals surface area contributed by atoms with Gasteiger partial charge in [-0.3, -0.25) is 28.0 Å². The van der Waals surface area contributed by atoms with Crippen molar-refractivity contribution >= 4 is 27.2 Å². The summed E-state index contributed by atoms with van der Waals surface area (Å²) in [4.78, 5) is 49.2. The predicted molar refractivity (Wildman–Crippen MR) is 111 cm³/mol. The van der Waals surface area contributed by atoms with Gasteiger partial charge in [0.05, 0.1) is 0 Å². The molecule has 2 amide bonds. The molecule has 176 valence electrons. The minimum atomic E-state index is -5.11. The molecule has 2 saturated heterocycles. The highest BCUT2D eigenvalue weighted by molar-refractivity contribution is 7.73. The van der Waals surface area contributed by atoms with E-state index in [1.807, 2.05) is 0 Å². The zero-order chi connectivity index (χ0) is 23.9. The van der Waals surface area contributed by atoms with E-state index >= 15 is 0 Å². The van der Waals surface area contributed by atoms with Gasteiger partial charge in [0, 0.05) is 37.3 Å². The van der Waals surface area contributed by atoms with Crippen molar-refractivity contribution in [3.8, 4) is 5.75 Å². The average Bonchev–Trinajstić information content (AvgIpc) is 3.19. The number of amides is 2. The number of imide groups is 1. The van der Waals surface area contributed by atoms with Gasteiger partial charge in [0.15, 0.2) is 0 Å². The van der Waals surface area contributed by atoms with E-state index in [0.29, 0.717) is 6.42 Å². The SMILES string of the molecule is O=C1CCCN1C(=O)Oc1ccc(C2OP(=O)(O)C(O)(Cc3cccnc3)P(=O)(O)O2)cc1. The molecule has 0 radical (unpaired) electrons. The number of hydrogen-bond donors (Lipinski definition) is 3. The molecule has 2 atom stereocenters. The van der Waals surface area contributed by atoms with Crippen molar-refractivity contribution < 1.29 is 47.4 Å². The molecule has 1 aromatic carbocycles. The van der Waals surface area contributed by atoms with Crippen LogP contribution in [0, 0.1) is 0 Å². The van der Waals surface area contributed by atoms with Gasteiger partial charge in [-0.05, 0) is 30.2 Å². The van der Waals surface area contributed by atoms with E-state index in [0.717, 1.165) is 4.90 Å². The topological polar surface area (TPSA) is 173 Å². The summed E-state index contributed by atoms with van der Waals surface area (Å²) in [7, 11) is -10.2. The molecule has 1 aromatic heterocycles. The zero-order valence-electron chi connectivity index (χ0n) is 17.0. The van der Waals surface area contributed by atoms with Gasteiger partial charge in [-0.2, -0.15) is 0 Å². The van der Waals surface area contributed by atoms with Crippen molar-refractivity contribution in [1.29, 1.82) is 0 Å². The molecule has 3 heterocycles. The van der Waals surface area contributed by atoms with Crippen molar-refractivity contribution in [2.75, 3.05) is 6.54 Å². The van der Waals surface area contributed by atoms with Crippen LogP contribution in [0.15, 0.2) is 48.8 Å². The summed E-state index contributed by atoms with van der Waals surface area (Å²) in [6, 6.07) is 8.09. The van der Waals surface area contributed by atoms with Crippen LogP contribution in [-0.2, 0) is 29.4 Å². The molecule has 2 unspecified atom stereocenters. The van der Waals surface area contributed by atoms with Gasteiger partial charge in [-0.25, -0.2) is 9.69 Å². The third kappa shape index (κ3) is 4.51. The molecule has 33 heavy (non-hydrogen) atoms. The minimum Gasteiger partial charge on any atom is -0.410 e. The van der Waals surface area contributed by atoms with Crippen LogP contribution in [0.25, 0.3) is 0 Å². The second-order valence-electron chi connectivity index (χ2n) is 7.48. The molecule has 4 rings (SSSR count). The number of aliphatic hydroxyl groups is 1. The second kappa shape index (κ2) is 8.73. The lowest BCUT2D eigenvalue weighted by Crippen LogP contribution is -2.37. The summed E-state index contributed by atoms with van der Waals surface area (Å²) in [6.07, 6.45) is 0.210. The van der Waals surface area contributed by atoms with Crippen LogP contribution in [0.5, 0.6) is 5.75 Å². The number of carbonyl (C=O) groups is 2. The van der Waals surface area contributed by atoms with E-state index in [4.69, 9.17) is 13.8 Å². The lowest BCUT2D eigenvalue weighted by atomic mass is 10.2. The van der Waals surface area contributed by atoms with Crippen LogP contribution in [-0.4, -0.2) is 48.4 Å². The normalized spacial score (nSPS) is 32.0. The quantitative estimate of drug-likeness (QED) is 0.529. The third-order valence-corrected chi connectivity index (χ3v) is 9.80. The predicted octanol–water partition coefficient (Wildman–Crippen LogP) is 2.51. The zero-order valence-corrected chi connectivity index (χ0v) is 18.8. The maximum absolute atomic E-state index is 12.8. The highest BCUT2D eigenvalue weighted by atomic mass is 31.2. The van der Waals surface area contributed by atoms with Crippen molar-refractivity contribution in [3.63, 3.8) is 0 Å². The number of ether oxygens (including phenoxy) is 1. The minimum absolute atomic E-state index is 0.0547. The summed E-state index contributed by atoms with van der Waals surface area (Å²) < 4.78 is 40.8. The van der Waals surface area contributed by atoms with Gasteiger partial charge in [0.1, 0.15) is 5.75 Å². The van der Waals surface area contributed by atoms with Crippen LogP contribution in [0.1, 0.15) is 30.3 Å². The van der Waals surface area contributed by atoms with Crippen LogP contribution in [0.3, 0.4) is 0 Å². The number of rotatable bonds is 4. The molecular formula is C19H20N2O10P2. The summed E-state index contributed by atoms with van der Waals surface area (Å²) in [5, 5.41) is 7.62. The summed E-state index contributed by atoms with van der Waals surface area (Å²) in [5.74, 6) is -0.275. The molecule has 0 saturated carbocycles. The van der Waals surface area contributed by atoms with Crippen molar-refractivity contribution in [2.24, 2.45) is 0 Å². The maximum Gasteiger partial charge on any atom is 0.421 e. The van der Waals surface area contributed by atoms with Crippen LogP contribution in [0.4, 0.5) is 4.79 Å². The Balaban J connectivity index is 1.50.